The van der Waals surface area contributed by atoms with Crippen molar-refractivity contribution in [2.45, 2.75) is 32.2 Å². The molecule has 7 heteroatoms. The molecule has 0 saturated carbocycles. The van der Waals surface area contributed by atoms with Gasteiger partial charge < -0.3 is 0 Å². The summed E-state index contributed by atoms with van der Waals surface area (Å²) in [6.45, 7) is 0.458. The summed E-state index contributed by atoms with van der Waals surface area (Å²) in [5, 5.41) is 3.96. The van der Waals surface area contributed by atoms with Crippen LogP contribution in [0.2, 0.25) is 4.34 Å². The van der Waals surface area contributed by atoms with Gasteiger partial charge in [-0.3, -0.25) is 9.36 Å². The van der Waals surface area contributed by atoms with Gasteiger partial charge in [0.25, 0.3) is 0 Å². The fourth-order valence-corrected chi connectivity index (χ4v) is 3.81. The van der Waals surface area contributed by atoms with Crippen molar-refractivity contribution in [1.82, 2.24) is 14.2 Å². The van der Waals surface area contributed by atoms with E-state index >= 15 is 0 Å². The van der Waals surface area contributed by atoms with E-state index in [1.807, 2.05) is 4.57 Å². The SMILES string of the molecule is O=c1sc2c(n1Cc1nnsc1Cl)CCCC2. The molecule has 0 saturated heterocycles. The molecule has 4 nitrogen and oxygen atoms in total. The molecule has 2 aromatic heterocycles. The summed E-state index contributed by atoms with van der Waals surface area (Å²) < 4.78 is 6.18. The van der Waals surface area contributed by atoms with Crippen molar-refractivity contribution in [1.29, 1.82) is 0 Å². The standard InChI is InChI=1S/C10H10ClN3OS2/c11-9-6(12-13-17-9)5-14-7-3-1-2-4-8(7)16-10(14)15/h1-5H2. The minimum Gasteiger partial charge on any atom is -0.297 e. The van der Waals surface area contributed by atoms with Crippen LogP contribution in [0.1, 0.15) is 29.1 Å². The second kappa shape index (κ2) is 4.51. The van der Waals surface area contributed by atoms with E-state index in [2.05, 4.69) is 9.59 Å². The van der Waals surface area contributed by atoms with Crippen LogP contribution in [-0.2, 0) is 19.4 Å². The monoisotopic (exact) mass is 287 g/mol. The third-order valence-corrected chi connectivity index (χ3v) is 5.03. The molecule has 0 N–H and O–H groups in total. The van der Waals surface area contributed by atoms with Crippen LogP contribution in [0.15, 0.2) is 4.79 Å². The number of hydrogen-bond acceptors (Lipinski definition) is 5. The second-order valence-corrected chi connectivity index (χ2v) is 6.43. The average Bonchev–Trinajstić information content (AvgIpc) is 2.85. The van der Waals surface area contributed by atoms with Crippen LogP contribution < -0.4 is 4.87 Å². The van der Waals surface area contributed by atoms with Crippen molar-refractivity contribution in [3.63, 3.8) is 0 Å². The maximum atomic E-state index is 11.9. The average molecular weight is 288 g/mol. The number of nitrogens with zero attached hydrogens (tertiary/aromatic N) is 3. The first-order chi connectivity index (χ1) is 8.25. The molecule has 0 radical (unpaired) electrons. The molecule has 0 unspecified atom stereocenters. The molecular formula is C10H10ClN3OS2. The molecule has 1 aliphatic carbocycles. The summed E-state index contributed by atoms with van der Waals surface area (Å²) in [6, 6.07) is 0. The number of hydrogen-bond donors (Lipinski definition) is 0. The van der Waals surface area contributed by atoms with Crippen LogP contribution in [0.4, 0.5) is 0 Å². The zero-order chi connectivity index (χ0) is 11.8. The summed E-state index contributed by atoms with van der Waals surface area (Å²) in [4.78, 5) is 13.3. The van der Waals surface area contributed by atoms with Crippen molar-refractivity contribution in [2.75, 3.05) is 0 Å². The van der Waals surface area contributed by atoms with Gasteiger partial charge in [0.15, 0.2) is 0 Å². The number of aromatic nitrogens is 3. The number of rotatable bonds is 2. The fourth-order valence-electron chi connectivity index (χ4n) is 2.13. The Morgan fingerprint density at radius 2 is 2.18 bits per heavy atom. The number of halogens is 1. The van der Waals surface area contributed by atoms with Crippen molar-refractivity contribution >= 4 is 34.5 Å². The lowest BCUT2D eigenvalue weighted by molar-refractivity contribution is 0.620. The maximum absolute atomic E-state index is 11.9. The molecule has 90 valence electrons. The summed E-state index contributed by atoms with van der Waals surface area (Å²) in [7, 11) is 0. The molecule has 0 bridgehead atoms. The maximum Gasteiger partial charge on any atom is 0.307 e. The first-order valence-electron chi connectivity index (χ1n) is 5.44. The van der Waals surface area contributed by atoms with Gasteiger partial charge in [0.2, 0.25) is 0 Å². The van der Waals surface area contributed by atoms with Gasteiger partial charge in [-0.1, -0.05) is 27.4 Å². The van der Waals surface area contributed by atoms with Crippen LogP contribution in [0.3, 0.4) is 0 Å². The van der Waals surface area contributed by atoms with Gasteiger partial charge in [-0.05, 0) is 25.7 Å². The quantitative estimate of drug-likeness (QED) is 0.852. The van der Waals surface area contributed by atoms with Crippen molar-refractivity contribution in [3.05, 3.63) is 30.3 Å². The van der Waals surface area contributed by atoms with E-state index in [1.54, 1.807) is 0 Å². The van der Waals surface area contributed by atoms with Crippen LogP contribution in [0, 0.1) is 0 Å². The molecule has 1 aliphatic rings. The largest absolute Gasteiger partial charge is 0.307 e. The predicted octanol–water partition coefficient (Wildman–Crippen LogP) is 2.34. The number of thiazole rings is 1. The summed E-state index contributed by atoms with van der Waals surface area (Å²) in [5.41, 5.74) is 1.88. The van der Waals surface area contributed by atoms with E-state index < -0.39 is 0 Å². The van der Waals surface area contributed by atoms with Gasteiger partial charge in [0.05, 0.1) is 6.54 Å². The highest BCUT2D eigenvalue weighted by molar-refractivity contribution is 7.10. The highest BCUT2D eigenvalue weighted by atomic mass is 35.5. The van der Waals surface area contributed by atoms with E-state index in [0.717, 1.165) is 30.8 Å². The molecule has 17 heavy (non-hydrogen) atoms. The summed E-state index contributed by atoms with van der Waals surface area (Å²) in [6.07, 6.45) is 4.37. The lowest BCUT2D eigenvalue weighted by atomic mass is 10.0. The first kappa shape index (κ1) is 11.4. The zero-order valence-corrected chi connectivity index (χ0v) is 11.4. The third-order valence-electron chi connectivity index (χ3n) is 2.96. The van der Waals surface area contributed by atoms with Gasteiger partial charge in [0, 0.05) is 22.1 Å². The molecule has 0 spiro atoms. The smallest absolute Gasteiger partial charge is 0.297 e. The van der Waals surface area contributed by atoms with Crippen molar-refractivity contribution < 1.29 is 0 Å². The van der Waals surface area contributed by atoms with Gasteiger partial charge in [-0.25, -0.2) is 0 Å². The molecule has 0 fully saturated rings. The first-order valence-corrected chi connectivity index (χ1v) is 7.40. The molecule has 2 heterocycles. The number of fused-ring (bicyclic) bond motifs is 1. The van der Waals surface area contributed by atoms with Crippen molar-refractivity contribution in [2.24, 2.45) is 0 Å². The Kier molecular flexibility index (Phi) is 3.02. The topological polar surface area (TPSA) is 47.8 Å². The minimum atomic E-state index is 0.0981. The lowest BCUT2D eigenvalue weighted by Gasteiger charge is -2.13. The van der Waals surface area contributed by atoms with E-state index in [9.17, 15) is 4.79 Å². The molecule has 2 aromatic rings. The van der Waals surface area contributed by atoms with Crippen LogP contribution in [0.25, 0.3) is 0 Å². The Labute approximate surface area is 111 Å². The second-order valence-electron chi connectivity index (χ2n) is 4.02. The molecule has 3 rings (SSSR count). The molecule has 0 aromatic carbocycles. The highest BCUT2D eigenvalue weighted by Crippen LogP contribution is 2.25. The Balaban J connectivity index is 2.01. The zero-order valence-electron chi connectivity index (χ0n) is 8.98. The summed E-state index contributed by atoms with van der Waals surface area (Å²) >= 11 is 8.50. The molecular weight excluding hydrogens is 278 g/mol. The number of aryl methyl sites for hydroxylation is 1. The normalized spacial score (nSPS) is 14.9. The molecule has 0 aliphatic heterocycles. The van der Waals surface area contributed by atoms with E-state index in [1.165, 1.54) is 28.3 Å². The van der Waals surface area contributed by atoms with Crippen LogP contribution >= 0.6 is 34.5 Å². The van der Waals surface area contributed by atoms with Crippen LogP contribution in [0.5, 0.6) is 0 Å². The third kappa shape index (κ3) is 2.05. The van der Waals surface area contributed by atoms with E-state index in [4.69, 9.17) is 11.6 Å². The van der Waals surface area contributed by atoms with Crippen molar-refractivity contribution in [3.8, 4) is 0 Å². The Morgan fingerprint density at radius 3 is 2.94 bits per heavy atom. The summed E-state index contributed by atoms with van der Waals surface area (Å²) in [5.74, 6) is 0. The Morgan fingerprint density at radius 1 is 1.35 bits per heavy atom. The van der Waals surface area contributed by atoms with Gasteiger partial charge >= 0.3 is 4.87 Å². The Hall–Kier alpha value is -0.720. The lowest BCUT2D eigenvalue weighted by Crippen LogP contribution is -2.18. The minimum absolute atomic E-state index is 0.0981. The van der Waals surface area contributed by atoms with Gasteiger partial charge in [-0.15, -0.1) is 5.10 Å². The molecule has 0 atom stereocenters. The fraction of sp³-hybridized carbons (Fsp3) is 0.500. The van der Waals surface area contributed by atoms with Gasteiger partial charge in [-0.2, -0.15) is 0 Å². The Bertz CT molecular complexity index is 601. The van der Waals surface area contributed by atoms with Crippen LogP contribution in [-0.4, -0.2) is 14.2 Å². The molecule has 0 amide bonds. The van der Waals surface area contributed by atoms with E-state index in [-0.39, 0.29) is 4.87 Å². The van der Waals surface area contributed by atoms with Gasteiger partial charge in [0.1, 0.15) is 10.0 Å². The predicted molar refractivity (Wildman–Crippen MR) is 69.2 cm³/mol. The van der Waals surface area contributed by atoms with E-state index in [0.29, 0.717) is 16.6 Å². The highest BCUT2D eigenvalue weighted by Gasteiger charge is 2.19.